The van der Waals surface area contributed by atoms with E-state index in [-0.39, 0.29) is 0 Å². The molecule has 0 amide bonds. The molecule has 0 saturated carbocycles. The van der Waals surface area contributed by atoms with Crippen molar-refractivity contribution >= 4 is 16.6 Å². The van der Waals surface area contributed by atoms with E-state index in [9.17, 15) is 0 Å². The molecule has 0 unspecified atom stereocenters. The van der Waals surface area contributed by atoms with Crippen molar-refractivity contribution in [1.82, 2.24) is 9.97 Å². The lowest BCUT2D eigenvalue weighted by Crippen LogP contribution is -2.05. The van der Waals surface area contributed by atoms with E-state index in [4.69, 9.17) is 0 Å². The maximum atomic E-state index is 4.42. The summed E-state index contributed by atoms with van der Waals surface area (Å²) in [6, 6.07) is 14.9. The molecule has 0 spiro atoms. The van der Waals surface area contributed by atoms with Gasteiger partial charge in [0, 0.05) is 17.8 Å². The van der Waals surface area contributed by atoms with Gasteiger partial charge in [-0.2, -0.15) is 0 Å². The third-order valence-corrected chi connectivity index (χ3v) is 4.20. The molecule has 0 fully saturated rings. The number of benzene rings is 2. The van der Waals surface area contributed by atoms with Gasteiger partial charge in [-0.3, -0.25) is 0 Å². The van der Waals surface area contributed by atoms with E-state index in [0.29, 0.717) is 0 Å². The van der Waals surface area contributed by atoms with Crippen LogP contribution >= 0.6 is 0 Å². The summed E-state index contributed by atoms with van der Waals surface area (Å²) in [6.45, 7) is 0.796. The zero-order chi connectivity index (χ0) is 14.1. The predicted molar refractivity (Wildman–Crippen MR) is 85.3 cm³/mol. The standard InChI is InChI=1S/C18H17N3/c1-2-8-15-13(5-1)6-3-7-14(15)11-19-18-16-9-4-10-17(16)20-12-21-18/h1-3,5-8,12H,4,9-11H2,(H,19,20,21). The third kappa shape index (κ3) is 2.25. The normalized spacial score (nSPS) is 13.3. The molecule has 1 aliphatic carbocycles. The molecule has 3 nitrogen and oxygen atoms in total. The molecule has 0 radical (unpaired) electrons. The van der Waals surface area contributed by atoms with Crippen LogP contribution < -0.4 is 5.32 Å². The molecular formula is C18H17N3. The number of nitrogens with one attached hydrogen (secondary N) is 1. The first-order valence-corrected chi connectivity index (χ1v) is 7.45. The molecule has 3 aromatic rings. The van der Waals surface area contributed by atoms with Crippen LogP contribution in [0.2, 0.25) is 0 Å². The molecule has 21 heavy (non-hydrogen) atoms. The maximum Gasteiger partial charge on any atom is 0.133 e. The molecule has 1 aliphatic rings. The van der Waals surface area contributed by atoms with Gasteiger partial charge in [0.25, 0.3) is 0 Å². The summed E-state index contributed by atoms with van der Waals surface area (Å²) in [4.78, 5) is 8.80. The van der Waals surface area contributed by atoms with E-state index in [1.165, 1.54) is 34.0 Å². The minimum atomic E-state index is 0.796. The number of aryl methyl sites for hydroxylation is 1. The van der Waals surface area contributed by atoms with Gasteiger partial charge in [0.1, 0.15) is 12.1 Å². The monoisotopic (exact) mass is 275 g/mol. The first-order chi connectivity index (χ1) is 10.4. The van der Waals surface area contributed by atoms with Crippen LogP contribution in [0.1, 0.15) is 23.2 Å². The Hall–Kier alpha value is -2.42. The highest BCUT2D eigenvalue weighted by Crippen LogP contribution is 2.26. The SMILES string of the molecule is c1ccc2c(CNc3ncnc4c3CCC4)cccc2c1. The number of nitrogens with zero attached hydrogens (tertiary/aromatic N) is 2. The fourth-order valence-electron chi connectivity index (χ4n) is 3.14. The Morgan fingerprint density at radius 1 is 0.952 bits per heavy atom. The highest BCUT2D eigenvalue weighted by atomic mass is 15.0. The lowest BCUT2D eigenvalue weighted by atomic mass is 10.0. The fourth-order valence-corrected chi connectivity index (χ4v) is 3.14. The molecule has 0 aliphatic heterocycles. The van der Waals surface area contributed by atoms with Crippen molar-refractivity contribution in [3.8, 4) is 0 Å². The average molecular weight is 275 g/mol. The first-order valence-electron chi connectivity index (χ1n) is 7.45. The second-order valence-corrected chi connectivity index (χ2v) is 5.49. The van der Waals surface area contributed by atoms with Gasteiger partial charge in [0.15, 0.2) is 0 Å². The van der Waals surface area contributed by atoms with Crippen molar-refractivity contribution in [1.29, 1.82) is 0 Å². The zero-order valence-corrected chi connectivity index (χ0v) is 11.8. The summed E-state index contributed by atoms with van der Waals surface area (Å²) in [6.07, 6.45) is 5.04. The van der Waals surface area contributed by atoms with Crippen molar-refractivity contribution < 1.29 is 0 Å². The zero-order valence-electron chi connectivity index (χ0n) is 11.8. The van der Waals surface area contributed by atoms with Gasteiger partial charge >= 0.3 is 0 Å². The van der Waals surface area contributed by atoms with Crippen LogP contribution in [-0.2, 0) is 19.4 Å². The lowest BCUT2D eigenvalue weighted by molar-refractivity contribution is 0.899. The molecular weight excluding hydrogens is 258 g/mol. The summed E-state index contributed by atoms with van der Waals surface area (Å²) in [7, 11) is 0. The van der Waals surface area contributed by atoms with Gasteiger partial charge in [0.2, 0.25) is 0 Å². The van der Waals surface area contributed by atoms with Crippen LogP contribution in [0.15, 0.2) is 48.8 Å². The van der Waals surface area contributed by atoms with Crippen molar-refractivity contribution in [2.75, 3.05) is 5.32 Å². The van der Waals surface area contributed by atoms with E-state index in [1.807, 2.05) is 0 Å². The Morgan fingerprint density at radius 2 is 1.86 bits per heavy atom. The van der Waals surface area contributed by atoms with Crippen LogP contribution in [0, 0.1) is 0 Å². The number of rotatable bonds is 3. The number of anilines is 1. The van der Waals surface area contributed by atoms with Crippen molar-refractivity contribution in [2.24, 2.45) is 0 Å². The van der Waals surface area contributed by atoms with E-state index in [0.717, 1.165) is 25.2 Å². The number of hydrogen-bond acceptors (Lipinski definition) is 3. The van der Waals surface area contributed by atoms with Gasteiger partial charge in [-0.05, 0) is 35.6 Å². The van der Waals surface area contributed by atoms with E-state index >= 15 is 0 Å². The fraction of sp³-hybridized carbons (Fsp3) is 0.222. The number of aromatic nitrogens is 2. The Morgan fingerprint density at radius 3 is 2.86 bits per heavy atom. The maximum absolute atomic E-state index is 4.42. The lowest BCUT2D eigenvalue weighted by Gasteiger charge is -2.11. The molecule has 2 aromatic carbocycles. The highest BCUT2D eigenvalue weighted by Gasteiger charge is 2.16. The van der Waals surface area contributed by atoms with Crippen molar-refractivity contribution in [3.63, 3.8) is 0 Å². The van der Waals surface area contributed by atoms with Gasteiger partial charge < -0.3 is 5.32 Å². The van der Waals surface area contributed by atoms with Crippen LogP contribution in [-0.4, -0.2) is 9.97 Å². The smallest absolute Gasteiger partial charge is 0.133 e. The summed E-state index contributed by atoms with van der Waals surface area (Å²) in [5, 5.41) is 6.09. The predicted octanol–water partition coefficient (Wildman–Crippen LogP) is 3.73. The molecule has 0 bridgehead atoms. The molecule has 0 atom stereocenters. The first kappa shape index (κ1) is 12.3. The average Bonchev–Trinajstić information content (AvgIpc) is 3.02. The molecule has 104 valence electrons. The molecule has 3 heteroatoms. The largest absolute Gasteiger partial charge is 0.366 e. The van der Waals surface area contributed by atoms with E-state index in [1.54, 1.807) is 6.33 Å². The van der Waals surface area contributed by atoms with E-state index in [2.05, 4.69) is 57.7 Å². The van der Waals surface area contributed by atoms with Crippen LogP contribution in [0.5, 0.6) is 0 Å². The summed E-state index contributed by atoms with van der Waals surface area (Å²) < 4.78 is 0. The molecule has 1 N–H and O–H groups in total. The van der Waals surface area contributed by atoms with E-state index < -0.39 is 0 Å². The third-order valence-electron chi connectivity index (χ3n) is 4.20. The van der Waals surface area contributed by atoms with Crippen molar-refractivity contribution in [2.45, 2.75) is 25.8 Å². The molecule has 0 saturated heterocycles. The van der Waals surface area contributed by atoms with Crippen LogP contribution in [0.3, 0.4) is 0 Å². The summed E-state index contributed by atoms with van der Waals surface area (Å²) in [5.41, 5.74) is 3.82. The minimum absolute atomic E-state index is 0.796. The topological polar surface area (TPSA) is 37.8 Å². The molecule has 1 aromatic heterocycles. The quantitative estimate of drug-likeness (QED) is 0.791. The van der Waals surface area contributed by atoms with Crippen LogP contribution in [0.25, 0.3) is 10.8 Å². The van der Waals surface area contributed by atoms with Gasteiger partial charge in [-0.25, -0.2) is 9.97 Å². The van der Waals surface area contributed by atoms with Crippen molar-refractivity contribution in [3.05, 3.63) is 65.6 Å². The second-order valence-electron chi connectivity index (χ2n) is 5.49. The Kier molecular flexibility index (Phi) is 3.03. The Labute approximate surface area is 124 Å². The van der Waals surface area contributed by atoms with Gasteiger partial charge in [-0.1, -0.05) is 42.5 Å². The Balaban J connectivity index is 1.63. The highest BCUT2D eigenvalue weighted by molar-refractivity contribution is 5.85. The number of fused-ring (bicyclic) bond motifs is 2. The molecule has 4 rings (SSSR count). The minimum Gasteiger partial charge on any atom is -0.366 e. The summed E-state index contributed by atoms with van der Waals surface area (Å²) >= 11 is 0. The van der Waals surface area contributed by atoms with Crippen LogP contribution in [0.4, 0.5) is 5.82 Å². The molecule has 1 heterocycles. The number of hydrogen-bond donors (Lipinski definition) is 1. The second kappa shape index (κ2) is 5.17. The summed E-state index contributed by atoms with van der Waals surface area (Å²) in [5.74, 6) is 1.01. The van der Waals surface area contributed by atoms with Gasteiger partial charge in [0.05, 0.1) is 0 Å². The van der Waals surface area contributed by atoms with Gasteiger partial charge in [-0.15, -0.1) is 0 Å². The Bertz CT molecular complexity index is 790.